The Morgan fingerprint density at radius 1 is 1.23 bits per heavy atom. The van der Waals surface area contributed by atoms with Crippen LogP contribution in [0.2, 0.25) is 0 Å². The summed E-state index contributed by atoms with van der Waals surface area (Å²) in [7, 11) is 0. The highest BCUT2D eigenvalue weighted by molar-refractivity contribution is 5.90. The molecule has 9 nitrogen and oxygen atoms in total. The van der Waals surface area contributed by atoms with Crippen LogP contribution >= 0.6 is 0 Å². The summed E-state index contributed by atoms with van der Waals surface area (Å²) in [5.41, 5.74) is 2.29. The van der Waals surface area contributed by atoms with Crippen molar-refractivity contribution in [3.8, 4) is 5.75 Å². The van der Waals surface area contributed by atoms with Crippen LogP contribution < -0.4 is 15.0 Å². The van der Waals surface area contributed by atoms with Crippen molar-refractivity contribution in [2.24, 2.45) is 5.92 Å². The molecular formula is C26H28N6O3. The van der Waals surface area contributed by atoms with Crippen molar-refractivity contribution in [3.05, 3.63) is 55.4 Å². The van der Waals surface area contributed by atoms with Crippen LogP contribution in [0, 0.1) is 5.92 Å². The Labute approximate surface area is 203 Å². The van der Waals surface area contributed by atoms with Gasteiger partial charge >= 0.3 is 0 Å². The highest BCUT2D eigenvalue weighted by Gasteiger charge is 2.55. The minimum absolute atomic E-state index is 0.00577. The van der Waals surface area contributed by atoms with E-state index in [0.717, 1.165) is 68.5 Å². The number of pyridine rings is 1. The highest BCUT2D eigenvalue weighted by atomic mass is 16.5. The summed E-state index contributed by atoms with van der Waals surface area (Å²) in [4.78, 5) is 29.9. The summed E-state index contributed by atoms with van der Waals surface area (Å²) in [6.07, 6.45) is 5.01. The maximum atomic E-state index is 12.1. The number of anilines is 3. The molecule has 2 aromatic heterocycles. The number of carbonyl (C=O) groups excluding carboxylic acids is 1. The third-order valence-corrected chi connectivity index (χ3v) is 7.20. The van der Waals surface area contributed by atoms with Gasteiger partial charge in [-0.05, 0) is 55.3 Å². The van der Waals surface area contributed by atoms with Crippen LogP contribution in [-0.4, -0.2) is 70.8 Å². The topological polar surface area (TPSA) is 92.7 Å². The molecule has 5 heterocycles. The van der Waals surface area contributed by atoms with E-state index < -0.39 is 0 Å². The van der Waals surface area contributed by atoms with Crippen LogP contribution in [0.1, 0.15) is 12.8 Å². The van der Waals surface area contributed by atoms with Gasteiger partial charge in [-0.1, -0.05) is 6.58 Å². The molecule has 1 atom stereocenters. The predicted molar refractivity (Wildman–Crippen MR) is 133 cm³/mol. The summed E-state index contributed by atoms with van der Waals surface area (Å²) in [6.45, 7) is 8.24. The average molecular weight is 473 g/mol. The molecule has 0 radical (unpaired) electrons. The van der Waals surface area contributed by atoms with E-state index in [1.165, 1.54) is 6.08 Å². The molecule has 3 aliphatic rings. The number of amides is 1. The second-order valence-electron chi connectivity index (χ2n) is 9.47. The fourth-order valence-corrected chi connectivity index (χ4v) is 5.05. The molecular weight excluding hydrogens is 444 g/mol. The summed E-state index contributed by atoms with van der Waals surface area (Å²) in [6, 6.07) is 11.8. The van der Waals surface area contributed by atoms with Crippen LogP contribution in [0.15, 0.2) is 55.4 Å². The molecule has 1 unspecified atom stereocenters. The molecule has 6 rings (SSSR count). The van der Waals surface area contributed by atoms with Crippen molar-refractivity contribution in [2.75, 3.05) is 49.7 Å². The van der Waals surface area contributed by atoms with Crippen molar-refractivity contribution >= 4 is 34.3 Å². The van der Waals surface area contributed by atoms with Gasteiger partial charge in [0.25, 0.3) is 0 Å². The van der Waals surface area contributed by atoms with E-state index in [4.69, 9.17) is 14.5 Å². The van der Waals surface area contributed by atoms with Gasteiger partial charge in [0.15, 0.2) is 5.82 Å². The molecule has 0 saturated carbocycles. The Morgan fingerprint density at radius 3 is 2.80 bits per heavy atom. The van der Waals surface area contributed by atoms with E-state index >= 15 is 0 Å². The summed E-state index contributed by atoms with van der Waals surface area (Å²) >= 11 is 0. The minimum Gasteiger partial charge on any atom is -0.493 e. The number of carbonyl (C=O) groups is 1. The van der Waals surface area contributed by atoms with Gasteiger partial charge < -0.3 is 24.6 Å². The molecule has 1 amide bonds. The Bertz CT molecular complexity index is 1250. The lowest BCUT2D eigenvalue weighted by atomic mass is 9.77. The number of hydrogen-bond acceptors (Lipinski definition) is 8. The van der Waals surface area contributed by atoms with Gasteiger partial charge in [-0.3, -0.25) is 4.79 Å². The molecule has 0 aliphatic carbocycles. The Hall–Kier alpha value is -3.72. The lowest BCUT2D eigenvalue weighted by molar-refractivity contribution is -0.144. The molecule has 3 saturated heterocycles. The first kappa shape index (κ1) is 21.8. The predicted octanol–water partition coefficient (Wildman–Crippen LogP) is 3.16. The van der Waals surface area contributed by atoms with Gasteiger partial charge in [0.05, 0.1) is 24.3 Å². The van der Waals surface area contributed by atoms with Crippen molar-refractivity contribution in [1.82, 2.24) is 19.9 Å². The van der Waals surface area contributed by atoms with Gasteiger partial charge in [0.2, 0.25) is 5.91 Å². The number of benzene rings is 1. The molecule has 35 heavy (non-hydrogen) atoms. The third-order valence-electron chi connectivity index (χ3n) is 7.20. The summed E-state index contributed by atoms with van der Waals surface area (Å²) in [5.74, 6) is 2.82. The van der Waals surface area contributed by atoms with Gasteiger partial charge in [-0.15, -0.1) is 0 Å². The molecule has 1 aromatic carbocycles. The second kappa shape index (κ2) is 8.81. The first-order chi connectivity index (χ1) is 17.1. The molecule has 3 aliphatic heterocycles. The quantitative estimate of drug-likeness (QED) is 0.525. The SMILES string of the molecule is C=CC(=O)N1CCC12CN(c1ccc3ncnc(Nc4ccc(OCC5CCOC5)cc4)c3n1)C2. The third kappa shape index (κ3) is 4.05. The van der Waals surface area contributed by atoms with Gasteiger partial charge in [0, 0.05) is 37.8 Å². The zero-order valence-corrected chi connectivity index (χ0v) is 19.5. The standard InChI is InChI=1S/C26H28N6O3/c1-2-23(33)32-11-10-26(32)15-31(16-26)22-8-7-21-24(30-22)25(28-17-27-21)29-19-3-5-20(6-4-19)35-14-18-9-12-34-13-18/h2-8,17-18H,1,9-16H2,(H,27,28,29). The Morgan fingerprint density at radius 2 is 2.09 bits per heavy atom. The highest BCUT2D eigenvalue weighted by Crippen LogP contribution is 2.41. The smallest absolute Gasteiger partial charge is 0.246 e. The van der Waals surface area contributed by atoms with Crippen LogP contribution in [0.3, 0.4) is 0 Å². The lowest BCUT2D eigenvalue weighted by Crippen LogP contribution is -2.78. The molecule has 180 valence electrons. The molecule has 3 aromatic rings. The zero-order chi connectivity index (χ0) is 23.8. The molecule has 3 fully saturated rings. The molecule has 1 spiro atoms. The first-order valence-electron chi connectivity index (χ1n) is 12.0. The van der Waals surface area contributed by atoms with Gasteiger partial charge in [0.1, 0.15) is 23.4 Å². The number of ether oxygens (including phenoxy) is 2. The van der Waals surface area contributed by atoms with E-state index in [0.29, 0.717) is 23.9 Å². The summed E-state index contributed by atoms with van der Waals surface area (Å²) < 4.78 is 11.3. The van der Waals surface area contributed by atoms with E-state index in [9.17, 15) is 4.79 Å². The molecule has 9 heteroatoms. The van der Waals surface area contributed by atoms with Crippen molar-refractivity contribution in [3.63, 3.8) is 0 Å². The monoisotopic (exact) mass is 472 g/mol. The van der Waals surface area contributed by atoms with E-state index in [-0.39, 0.29) is 11.4 Å². The van der Waals surface area contributed by atoms with Crippen LogP contribution in [0.5, 0.6) is 5.75 Å². The van der Waals surface area contributed by atoms with Crippen molar-refractivity contribution < 1.29 is 14.3 Å². The van der Waals surface area contributed by atoms with Gasteiger partial charge in [-0.2, -0.15) is 0 Å². The largest absolute Gasteiger partial charge is 0.493 e. The Balaban J connectivity index is 1.15. The fraction of sp³-hybridized carbons (Fsp3) is 0.385. The number of nitrogens with zero attached hydrogens (tertiary/aromatic N) is 5. The van der Waals surface area contributed by atoms with Crippen molar-refractivity contribution in [2.45, 2.75) is 18.4 Å². The first-order valence-corrected chi connectivity index (χ1v) is 12.0. The van der Waals surface area contributed by atoms with Crippen LogP contribution in [-0.2, 0) is 9.53 Å². The fourth-order valence-electron chi connectivity index (χ4n) is 5.05. The average Bonchev–Trinajstić information content (AvgIpc) is 3.36. The minimum atomic E-state index is -0.0786. The van der Waals surface area contributed by atoms with E-state index in [1.807, 2.05) is 41.3 Å². The number of likely N-dealkylation sites (tertiary alicyclic amines) is 1. The normalized spacial score (nSPS) is 20.4. The van der Waals surface area contributed by atoms with Crippen LogP contribution in [0.4, 0.5) is 17.3 Å². The van der Waals surface area contributed by atoms with E-state index in [2.05, 4.69) is 26.8 Å². The number of fused-ring (bicyclic) bond motifs is 1. The lowest BCUT2D eigenvalue weighted by Gasteiger charge is -2.62. The Kier molecular flexibility index (Phi) is 5.49. The number of hydrogen-bond donors (Lipinski definition) is 1. The number of nitrogens with one attached hydrogen (secondary N) is 1. The summed E-state index contributed by atoms with van der Waals surface area (Å²) in [5, 5.41) is 3.37. The van der Waals surface area contributed by atoms with Crippen LogP contribution in [0.25, 0.3) is 11.0 Å². The second-order valence-corrected chi connectivity index (χ2v) is 9.47. The maximum absolute atomic E-state index is 12.1. The molecule has 0 bridgehead atoms. The zero-order valence-electron chi connectivity index (χ0n) is 19.5. The van der Waals surface area contributed by atoms with E-state index in [1.54, 1.807) is 6.33 Å². The molecule has 1 N–H and O–H groups in total. The van der Waals surface area contributed by atoms with Crippen molar-refractivity contribution in [1.29, 1.82) is 0 Å². The maximum Gasteiger partial charge on any atom is 0.246 e. The number of rotatable bonds is 7. The van der Waals surface area contributed by atoms with Gasteiger partial charge in [-0.25, -0.2) is 15.0 Å². The number of aromatic nitrogens is 3.